The number of ether oxygens (including phenoxy) is 1. The van der Waals surface area contributed by atoms with Crippen LogP contribution < -0.4 is 5.32 Å². The van der Waals surface area contributed by atoms with Gasteiger partial charge in [0.15, 0.2) is 0 Å². The molecule has 0 saturated carbocycles. The molecule has 116 valence electrons. The molecule has 2 N–H and O–H groups in total. The molecular formula is C11H20N2O6S. The first-order chi connectivity index (χ1) is 9.19. The third-order valence-corrected chi connectivity index (χ3v) is 3.93. The first-order valence-electron chi connectivity index (χ1n) is 6.23. The lowest BCUT2D eigenvalue weighted by molar-refractivity contribution is -0.139. The van der Waals surface area contributed by atoms with Crippen molar-refractivity contribution < 1.29 is 27.9 Å². The number of nitrogens with zero attached hydrogens (tertiary/aromatic N) is 1. The number of carboxylic acids is 1. The number of sulfone groups is 1. The van der Waals surface area contributed by atoms with Crippen LogP contribution in [0.5, 0.6) is 0 Å². The summed E-state index contributed by atoms with van der Waals surface area (Å²) in [5, 5.41) is 11.4. The van der Waals surface area contributed by atoms with Crippen molar-refractivity contribution in [2.45, 2.75) is 25.4 Å². The van der Waals surface area contributed by atoms with Crippen LogP contribution in [0.4, 0.5) is 4.79 Å². The normalized spacial score (nSPS) is 21.3. The predicted octanol–water partition coefficient (Wildman–Crippen LogP) is -0.695. The summed E-state index contributed by atoms with van der Waals surface area (Å²) < 4.78 is 27.5. The molecule has 0 spiro atoms. The Hall–Kier alpha value is -1.35. The van der Waals surface area contributed by atoms with Crippen molar-refractivity contribution in [2.24, 2.45) is 0 Å². The molecule has 0 bridgehead atoms. The summed E-state index contributed by atoms with van der Waals surface area (Å²) in [5.74, 6) is -1.17. The molecule has 1 aliphatic rings. The summed E-state index contributed by atoms with van der Waals surface area (Å²) in [6, 6.07) is -1.53. The highest BCUT2D eigenvalue weighted by molar-refractivity contribution is 7.90. The number of aliphatic carboxylic acids is 1. The largest absolute Gasteiger partial charge is 0.481 e. The van der Waals surface area contributed by atoms with Crippen LogP contribution in [-0.2, 0) is 19.4 Å². The first-order valence-corrected chi connectivity index (χ1v) is 8.29. The van der Waals surface area contributed by atoms with Crippen molar-refractivity contribution in [1.82, 2.24) is 10.2 Å². The maximum absolute atomic E-state index is 12.1. The number of rotatable bonds is 5. The van der Waals surface area contributed by atoms with Crippen LogP contribution in [0.2, 0.25) is 0 Å². The second-order valence-electron chi connectivity index (χ2n) is 4.96. The molecule has 2 amide bonds. The number of carboxylic acid groups (broad SMARTS) is 1. The number of morpholine rings is 1. The molecule has 1 heterocycles. The Morgan fingerprint density at radius 1 is 1.50 bits per heavy atom. The Morgan fingerprint density at radius 2 is 2.15 bits per heavy atom. The average Bonchev–Trinajstić information content (AvgIpc) is 2.25. The molecule has 1 fully saturated rings. The van der Waals surface area contributed by atoms with E-state index in [0.29, 0.717) is 6.61 Å². The summed E-state index contributed by atoms with van der Waals surface area (Å²) in [4.78, 5) is 24.2. The molecule has 1 rings (SSSR count). The Morgan fingerprint density at radius 3 is 2.70 bits per heavy atom. The predicted molar refractivity (Wildman–Crippen MR) is 71.3 cm³/mol. The third kappa shape index (κ3) is 5.74. The Kier molecular flexibility index (Phi) is 5.75. The van der Waals surface area contributed by atoms with E-state index in [4.69, 9.17) is 9.84 Å². The lowest BCUT2D eigenvalue weighted by Gasteiger charge is -2.35. The van der Waals surface area contributed by atoms with Crippen molar-refractivity contribution >= 4 is 21.8 Å². The molecular weight excluding hydrogens is 288 g/mol. The van der Waals surface area contributed by atoms with Crippen LogP contribution in [0.15, 0.2) is 0 Å². The van der Waals surface area contributed by atoms with Crippen LogP contribution in [0.25, 0.3) is 0 Å². The highest BCUT2D eigenvalue weighted by atomic mass is 32.2. The molecule has 2 atom stereocenters. The van der Waals surface area contributed by atoms with Crippen LogP contribution in [0, 0.1) is 0 Å². The quantitative estimate of drug-likeness (QED) is 0.694. The molecule has 1 saturated heterocycles. The second kappa shape index (κ2) is 6.89. The highest BCUT2D eigenvalue weighted by Crippen LogP contribution is 2.11. The molecule has 20 heavy (non-hydrogen) atoms. The zero-order chi connectivity index (χ0) is 15.3. The first kappa shape index (κ1) is 16.7. The van der Waals surface area contributed by atoms with E-state index in [1.165, 1.54) is 4.90 Å². The zero-order valence-electron chi connectivity index (χ0n) is 11.5. The minimum absolute atomic E-state index is 0.160. The minimum atomic E-state index is -3.18. The smallest absolute Gasteiger partial charge is 0.318 e. The van der Waals surface area contributed by atoms with Gasteiger partial charge in [0, 0.05) is 18.8 Å². The molecule has 0 aromatic carbocycles. The molecule has 0 radical (unpaired) electrons. The number of carbonyl (C=O) groups excluding carboxylic acids is 1. The van der Waals surface area contributed by atoms with E-state index >= 15 is 0 Å². The monoisotopic (exact) mass is 308 g/mol. The second-order valence-corrected chi connectivity index (χ2v) is 7.15. The number of hydrogen-bond acceptors (Lipinski definition) is 5. The lowest BCUT2D eigenvalue weighted by Crippen LogP contribution is -2.55. The topological polar surface area (TPSA) is 113 Å². The van der Waals surface area contributed by atoms with Crippen LogP contribution in [-0.4, -0.2) is 74.3 Å². The number of carbonyl (C=O) groups is 2. The van der Waals surface area contributed by atoms with Gasteiger partial charge in [-0.15, -0.1) is 0 Å². The van der Waals surface area contributed by atoms with Gasteiger partial charge in [0.25, 0.3) is 0 Å². The van der Waals surface area contributed by atoms with Gasteiger partial charge in [0.2, 0.25) is 0 Å². The van der Waals surface area contributed by atoms with Gasteiger partial charge in [-0.2, -0.15) is 0 Å². The summed E-state index contributed by atoms with van der Waals surface area (Å²) in [6.45, 7) is 2.38. The van der Waals surface area contributed by atoms with Crippen molar-refractivity contribution in [2.75, 3.05) is 31.8 Å². The van der Waals surface area contributed by atoms with Gasteiger partial charge < -0.3 is 20.1 Å². The molecule has 0 aliphatic carbocycles. The van der Waals surface area contributed by atoms with E-state index in [0.717, 1.165) is 6.26 Å². The van der Waals surface area contributed by atoms with Crippen molar-refractivity contribution in [3.8, 4) is 0 Å². The fourth-order valence-corrected chi connectivity index (χ4v) is 3.07. The highest BCUT2D eigenvalue weighted by Gasteiger charge is 2.30. The van der Waals surface area contributed by atoms with Gasteiger partial charge in [-0.05, 0) is 6.92 Å². The standard InChI is InChI=1S/C11H20N2O6S/c1-8(7-20(2,17)18)12-11(16)13-3-4-19-6-9(13)5-10(14)15/h8-9H,3-7H2,1-2H3,(H,12,16)(H,14,15). The summed E-state index contributed by atoms with van der Waals surface area (Å²) >= 11 is 0. The molecule has 0 aromatic rings. The van der Waals surface area contributed by atoms with E-state index in [1.807, 2.05) is 0 Å². The number of amides is 2. The molecule has 2 unspecified atom stereocenters. The number of urea groups is 1. The van der Waals surface area contributed by atoms with E-state index in [9.17, 15) is 18.0 Å². The van der Waals surface area contributed by atoms with Crippen LogP contribution in [0.3, 0.4) is 0 Å². The van der Waals surface area contributed by atoms with E-state index in [-0.39, 0.29) is 25.3 Å². The van der Waals surface area contributed by atoms with E-state index in [1.54, 1.807) is 6.92 Å². The summed E-state index contributed by atoms with van der Waals surface area (Å²) in [6.07, 6.45) is 0.894. The summed E-state index contributed by atoms with van der Waals surface area (Å²) in [7, 11) is -3.18. The maximum atomic E-state index is 12.1. The van der Waals surface area contributed by atoms with Gasteiger partial charge in [0.1, 0.15) is 9.84 Å². The van der Waals surface area contributed by atoms with Crippen LogP contribution >= 0.6 is 0 Å². The van der Waals surface area contributed by atoms with Gasteiger partial charge >= 0.3 is 12.0 Å². The van der Waals surface area contributed by atoms with Gasteiger partial charge in [-0.1, -0.05) is 0 Å². The number of hydrogen-bond donors (Lipinski definition) is 2. The van der Waals surface area contributed by atoms with E-state index < -0.39 is 33.9 Å². The van der Waals surface area contributed by atoms with Gasteiger partial charge in [-0.3, -0.25) is 4.79 Å². The number of nitrogens with one attached hydrogen (secondary N) is 1. The van der Waals surface area contributed by atoms with Crippen molar-refractivity contribution in [1.29, 1.82) is 0 Å². The average molecular weight is 308 g/mol. The van der Waals surface area contributed by atoms with Gasteiger partial charge in [0.05, 0.1) is 31.4 Å². The third-order valence-electron chi connectivity index (χ3n) is 2.82. The van der Waals surface area contributed by atoms with Crippen molar-refractivity contribution in [3.63, 3.8) is 0 Å². The fraction of sp³-hybridized carbons (Fsp3) is 0.818. The Bertz CT molecular complexity index is 464. The maximum Gasteiger partial charge on any atom is 0.318 e. The molecule has 1 aliphatic heterocycles. The molecule has 9 heteroatoms. The molecule has 8 nitrogen and oxygen atoms in total. The summed E-state index contributed by atoms with van der Waals surface area (Å²) in [5.41, 5.74) is 0. The lowest BCUT2D eigenvalue weighted by atomic mass is 10.1. The SMILES string of the molecule is CC(CS(C)(=O)=O)NC(=O)N1CCOCC1CC(=O)O. The van der Waals surface area contributed by atoms with Crippen LogP contribution in [0.1, 0.15) is 13.3 Å². The fourth-order valence-electron chi connectivity index (χ4n) is 2.08. The minimum Gasteiger partial charge on any atom is -0.481 e. The zero-order valence-corrected chi connectivity index (χ0v) is 12.4. The van der Waals surface area contributed by atoms with E-state index in [2.05, 4.69) is 5.32 Å². The Balaban J connectivity index is 2.61. The Labute approximate surface area is 118 Å². The van der Waals surface area contributed by atoms with Crippen molar-refractivity contribution in [3.05, 3.63) is 0 Å². The molecule has 0 aromatic heterocycles. The van der Waals surface area contributed by atoms with Gasteiger partial charge in [-0.25, -0.2) is 13.2 Å².